The molecule has 3 rings (SSSR count). The molecule has 2 aliphatic heterocycles. The highest BCUT2D eigenvalue weighted by atomic mass is 35.5. The molecule has 2 amide bonds. The van der Waals surface area contributed by atoms with Crippen LogP contribution in [0, 0.1) is 11.7 Å². The van der Waals surface area contributed by atoms with Gasteiger partial charge in [-0.25, -0.2) is 9.18 Å². The molecule has 154 valence electrons. The fourth-order valence-electron chi connectivity index (χ4n) is 3.49. The van der Waals surface area contributed by atoms with Crippen molar-refractivity contribution in [1.29, 1.82) is 0 Å². The normalized spacial score (nSPS) is 24.0. The molecule has 0 radical (unpaired) electrons. The van der Waals surface area contributed by atoms with Crippen LogP contribution in [0.1, 0.15) is 18.0 Å². The third-order valence-electron chi connectivity index (χ3n) is 4.76. The number of carbonyl (C=O) groups excluding carboxylic acids is 2. The molecule has 2 fully saturated rings. The summed E-state index contributed by atoms with van der Waals surface area (Å²) in [5.41, 5.74) is 0.468. The minimum atomic E-state index is -4.32. The molecule has 2 heterocycles. The number of carbonyl (C=O) groups is 2. The van der Waals surface area contributed by atoms with Gasteiger partial charge in [-0.05, 0) is 36.6 Å². The number of rotatable bonds is 5. The van der Waals surface area contributed by atoms with Crippen molar-refractivity contribution >= 4 is 23.6 Å². The number of hydrogen-bond acceptors (Lipinski definition) is 4. The van der Waals surface area contributed by atoms with E-state index in [1.807, 2.05) is 0 Å². The van der Waals surface area contributed by atoms with Crippen molar-refractivity contribution in [3.05, 3.63) is 34.6 Å². The number of alkyl carbamates (subject to hydrolysis) is 1. The molecule has 0 aliphatic carbocycles. The van der Waals surface area contributed by atoms with Crippen LogP contribution in [-0.4, -0.2) is 55.4 Å². The molecule has 28 heavy (non-hydrogen) atoms. The lowest BCUT2D eigenvalue weighted by Gasteiger charge is -2.27. The zero-order valence-corrected chi connectivity index (χ0v) is 15.3. The van der Waals surface area contributed by atoms with Crippen LogP contribution >= 0.6 is 11.6 Å². The average Bonchev–Trinajstić information content (AvgIpc) is 3.23. The van der Waals surface area contributed by atoms with E-state index in [1.165, 1.54) is 17.0 Å². The van der Waals surface area contributed by atoms with E-state index in [-0.39, 0.29) is 30.6 Å². The maximum absolute atomic E-state index is 13.5. The van der Waals surface area contributed by atoms with Gasteiger partial charge in [0.2, 0.25) is 0 Å². The summed E-state index contributed by atoms with van der Waals surface area (Å²) in [6, 6.07) is 3.20. The Morgan fingerprint density at radius 3 is 2.79 bits per heavy atom. The molecular formula is C17H18ClF4N3O3. The standard InChI is InChI=1S/C17H18ClF4N3O3/c18-11-5-9(1-2-12(11)19)14(24-15(26)13-6-23-16(27)28-13)10-3-4-25(7-10)8-17(20,21)22/h1-2,5,10,13-14H,3-4,6-8H2,(H,23,27)(H,24,26)/t10-,13+,14?/m1/s1. The number of nitrogens with zero attached hydrogens (tertiary/aromatic N) is 1. The van der Waals surface area contributed by atoms with Crippen molar-refractivity contribution in [2.24, 2.45) is 5.92 Å². The largest absolute Gasteiger partial charge is 0.434 e. The lowest BCUT2D eigenvalue weighted by molar-refractivity contribution is -0.144. The van der Waals surface area contributed by atoms with Gasteiger partial charge in [0, 0.05) is 6.54 Å². The van der Waals surface area contributed by atoms with Crippen LogP contribution in [-0.2, 0) is 9.53 Å². The Labute approximate surface area is 163 Å². The van der Waals surface area contributed by atoms with Crippen LogP contribution in [0.2, 0.25) is 5.02 Å². The fraction of sp³-hybridized carbons (Fsp3) is 0.529. The van der Waals surface area contributed by atoms with Gasteiger partial charge in [0.15, 0.2) is 6.10 Å². The molecule has 11 heteroatoms. The quantitative estimate of drug-likeness (QED) is 0.714. The minimum absolute atomic E-state index is 0.00751. The van der Waals surface area contributed by atoms with Gasteiger partial charge in [-0.2, -0.15) is 13.2 Å². The van der Waals surface area contributed by atoms with Crippen LogP contribution in [0.3, 0.4) is 0 Å². The average molecular weight is 424 g/mol. The highest BCUT2D eigenvalue weighted by Gasteiger charge is 2.39. The number of halogens is 5. The minimum Gasteiger partial charge on any atom is -0.434 e. The summed E-state index contributed by atoms with van der Waals surface area (Å²) in [5.74, 6) is -1.58. The van der Waals surface area contributed by atoms with Gasteiger partial charge in [-0.15, -0.1) is 0 Å². The third-order valence-corrected chi connectivity index (χ3v) is 5.05. The number of hydrogen-bond donors (Lipinski definition) is 2. The van der Waals surface area contributed by atoms with Crippen molar-refractivity contribution in [3.8, 4) is 0 Å². The Morgan fingerprint density at radius 1 is 1.43 bits per heavy atom. The lowest BCUT2D eigenvalue weighted by Crippen LogP contribution is -2.42. The van der Waals surface area contributed by atoms with Crippen LogP contribution in [0.25, 0.3) is 0 Å². The van der Waals surface area contributed by atoms with E-state index in [4.69, 9.17) is 16.3 Å². The number of nitrogens with one attached hydrogen (secondary N) is 2. The molecule has 6 nitrogen and oxygen atoms in total. The van der Waals surface area contributed by atoms with Gasteiger partial charge in [-0.1, -0.05) is 17.7 Å². The van der Waals surface area contributed by atoms with Crippen LogP contribution in [0.5, 0.6) is 0 Å². The lowest BCUT2D eigenvalue weighted by atomic mass is 9.92. The first-order chi connectivity index (χ1) is 13.1. The van der Waals surface area contributed by atoms with Gasteiger partial charge >= 0.3 is 12.3 Å². The summed E-state index contributed by atoms with van der Waals surface area (Å²) in [5, 5.41) is 4.92. The summed E-state index contributed by atoms with van der Waals surface area (Å²) >= 11 is 5.84. The van der Waals surface area contributed by atoms with E-state index in [0.717, 1.165) is 6.07 Å². The zero-order valence-electron chi connectivity index (χ0n) is 14.6. The second-order valence-corrected chi connectivity index (χ2v) is 7.24. The number of alkyl halides is 3. The topological polar surface area (TPSA) is 70.7 Å². The molecule has 0 spiro atoms. The van der Waals surface area contributed by atoms with Crippen molar-refractivity contribution in [2.45, 2.75) is 24.7 Å². The zero-order chi connectivity index (χ0) is 20.5. The molecular weight excluding hydrogens is 406 g/mol. The smallest absolute Gasteiger partial charge is 0.408 e. The first-order valence-corrected chi connectivity index (χ1v) is 8.99. The van der Waals surface area contributed by atoms with Gasteiger partial charge in [0.1, 0.15) is 5.82 Å². The first kappa shape index (κ1) is 20.7. The summed E-state index contributed by atoms with van der Waals surface area (Å²) in [7, 11) is 0. The number of likely N-dealkylation sites (tertiary alicyclic amines) is 1. The van der Waals surface area contributed by atoms with Crippen LogP contribution in [0.15, 0.2) is 18.2 Å². The summed E-state index contributed by atoms with van der Waals surface area (Å²) < 4.78 is 56.4. The monoisotopic (exact) mass is 423 g/mol. The molecule has 2 aliphatic rings. The molecule has 1 aromatic rings. The molecule has 1 unspecified atom stereocenters. The van der Waals surface area contributed by atoms with Crippen molar-refractivity contribution in [1.82, 2.24) is 15.5 Å². The maximum atomic E-state index is 13.5. The predicted molar refractivity (Wildman–Crippen MR) is 91.2 cm³/mol. The Hall–Kier alpha value is -2.07. The molecule has 2 N–H and O–H groups in total. The molecule has 0 aromatic heterocycles. The number of cyclic esters (lactones) is 1. The molecule has 0 saturated carbocycles. The van der Waals surface area contributed by atoms with Gasteiger partial charge in [-0.3, -0.25) is 9.69 Å². The summed E-state index contributed by atoms with van der Waals surface area (Å²) in [4.78, 5) is 24.9. The number of ether oxygens (including phenoxy) is 1. The summed E-state index contributed by atoms with van der Waals surface area (Å²) in [6.07, 6.45) is -5.69. The molecule has 1 aromatic carbocycles. The van der Waals surface area contributed by atoms with E-state index < -0.39 is 42.7 Å². The first-order valence-electron chi connectivity index (χ1n) is 8.61. The van der Waals surface area contributed by atoms with Gasteiger partial charge in [0.25, 0.3) is 5.91 Å². The van der Waals surface area contributed by atoms with E-state index in [9.17, 15) is 27.2 Å². The molecule has 2 saturated heterocycles. The van der Waals surface area contributed by atoms with Crippen LogP contribution < -0.4 is 10.6 Å². The maximum Gasteiger partial charge on any atom is 0.408 e. The van der Waals surface area contributed by atoms with Gasteiger partial charge in [0.05, 0.1) is 24.2 Å². The van der Waals surface area contributed by atoms with E-state index >= 15 is 0 Å². The number of benzene rings is 1. The highest BCUT2D eigenvalue weighted by molar-refractivity contribution is 6.30. The fourth-order valence-corrected chi connectivity index (χ4v) is 3.68. The van der Waals surface area contributed by atoms with E-state index in [2.05, 4.69) is 10.6 Å². The Kier molecular flexibility index (Phi) is 5.99. The van der Waals surface area contributed by atoms with Crippen LogP contribution in [0.4, 0.5) is 22.4 Å². The van der Waals surface area contributed by atoms with E-state index in [0.29, 0.717) is 12.0 Å². The number of amides is 2. The molecule has 0 bridgehead atoms. The molecule has 3 atom stereocenters. The van der Waals surface area contributed by atoms with Crippen molar-refractivity contribution in [3.63, 3.8) is 0 Å². The van der Waals surface area contributed by atoms with E-state index in [1.54, 1.807) is 0 Å². The second kappa shape index (κ2) is 8.12. The highest BCUT2D eigenvalue weighted by Crippen LogP contribution is 2.33. The Morgan fingerprint density at radius 2 is 2.18 bits per heavy atom. The SMILES string of the molecule is O=C1NC[C@@H](C(=O)NC(c2ccc(F)c(Cl)c2)[C@@H]2CCN(CC(F)(F)F)C2)O1. The Bertz CT molecular complexity index is 762. The second-order valence-electron chi connectivity index (χ2n) is 6.83. The van der Waals surface area contributed by atoms with Crippen molar-refractivity contribution in [2.75, 3.05) is 26.2 Å². The van der Waals surface area contributed by atoms with Gasteiger partial charge < -0.3 is 15.4 Å². The summed E-state index contributed by atoms with van der Waals surface area (Å²) in [6.45, 7) is -0.738. The van der Waals surface area contributed by atoms with Crippen molar-refractivity contribution < 1.29 is 31.9 Å². The third kappa shape index (κ3) is 5.05. The predicted octanol–water partition coefficient (Wildman–Crippen LogP) is 2.63. The Balaban J connectivity index is 1.77.